The maximum absolute atomic E-state index is 11.7. The summed E-state index contributed by atoms with van der Waals surface area (Å²) in [5, 5.41) is 16.8. The summed E-state index contributed by atoms with van der Waals surface area (Å²) in [5.41, 5.74) is 1.96. The summed E-state index contributed by atoms with van der Waals surface area (Å²) in [4.78, 5) is 16.1. The van der Waals surface area contributed by atoms with Crippen LogP contribution in [-0.4, -0.2) is 19.7 Å². The van der Waals surface area contributed by atoms with Gasteiger partial charge in [-0.15, -0.1) is 5.10 Å². The van der Waals surface area contributed by atoms with E-state index in [-0.39, 0.29) is 11.7 Å². The van der Waals surface area contributed by atoms with Crippen molar-refractivity contribution >= 4 is 11.8 Å². The smallest absolute Gasteiger partial charge is 0.267 e. The second-order valence-corrected chi connectivity index (χ2v) is 5.71. The Hall–Kier alpha value is -2.07. The summed E-state index contributed by atoms with van der Waals surface area (Å²) < 4.78 is 1.55. The number of hydrogen-bond donors (Lipinski definition) is 1. The van der Waals surface area contributed by atoms with E-state index in [1.165, 1.54) is 11.8 Å². The van der Waals surface area contributed by atoms with Gasteiger partial charge in [0.15, 0.2) is 5.16 Å². The number of aromatic amines is 1. The normalized spacial score (nSPS) is 10.8. The van der Waals surface area contributed by atoms with Gasteiger partial charge in [-0.3, -0.25) is 4.57 Å². The van der Waals surface area contributed by atoms with E-state index in [4.69, 9.17) is 0 Å². The molecule has 0 radical (unpaired) electrons. The summed E-state index contributed by atoms with van der Waals surface area (Å²) >= 11 is 1.23. The number of pyridine rings is 1. The lowest BCUT2D eigenvalue weighted by atomic mass is 10.1. The molecule has 0 saturated carbocycles. The summed E-state index contributed by atoms with van der Waals surface area (Å²) in [7, 11) is 0. The molecule has 0 atom stereocenters. The van der Waals surface area contributed by atoms with E-state index in [2.05, 4.69) is 21.3 Å². The lowest BCUT2D eigenvalue weighted by molar-refractivity contribution is 0.534. The molecule has 2 aromatic rings. The highest BCUT2D eigenvalue weighted by Crippen LogP contribution is 2.29. The Kier molecular flexibility index (Phi) is 3.95. The minimum absolute atomic E-state index is 0.0137. The number of nitrogens with one attached hydrogen (secondary N) is 1. The zero-order valence-electron chi connectivity index (χ0n) is 11.8. The third kappa shape index (κ3) is 2.60. The van der Waals surface area contributed by atoms with Crippen LogP contribution in [0, 0.1) is 25.2 Å². The second-order valence-electron chi connectivity index (χ2n) is 4.75. The van der Waals surface area contributed by atoms with Crippen molar-refractivity contribution in [1.82, 2.24) is 19.7 Å². The number of nitrogens with zero attached hydrogens (tertiary/aromatic N) is 4. The van der Waals surface area contributed by atoms with Crippen LogP contribution in [0.3, 0.4) is 0 Å². The highest BCUT2D eigenvalue weighted by molar-refractivity contribution is 7.99. The highest BCUT2D eigenvalue weighted by atomic mass is 32.2. The van der Waals surface area contributed by atoms with Crippen LogP contribution in [-0.2, 0) is 0 Å². The quantitative estimate of drug-likeness (QED) is 0.935. The maximum Gasteiger partial charge on any atom is 0.344 e. The summed E-state index contributed by atoms with van der Waals surface area (Å²) in [5.74, 6) is 0. The Bertz CT molecular complexity index is 738. The maximum atomic E-state index is 11.7. The Balaban J connectivity index is 2.51. The van der Waals surface area contributed by atoms with Gasteiger partial charge in [0.05, 0.1) is 5.56 Å². The van der Waals surface area contributed by atoms with Crippen LogP contribution in [0.2, 0.25) is 0 Å². The molecule has 0 amide bonds. The lowest BCUT2D eigenvalue weighted by Gasteiger charge is -2.10. The van der Waals surface area contributed by atoms with E-state index in [0.29, 0.717) is 15.7 Å². The van der Waals surface area contributed by atoms with Crippen LogP contribution >= 0.6 is 11.8 Å². The van der Waals surface area contributed by atoms with Crippen molar-refractivity contribution in [1.29, 1.82) is 5.26 Å². The Morgan fingerprint density at radius 1 is 1.45 bits per heavy atom. The van der Waals surface area contributed by atoms with Crippen molar-refractivity contribution in [2.45, 2.75) is 43.9 Å². The summed E-state index contributed by atoms with van der Waals surface area (Å²) in [6.45, 7) is 7.55. The van der Waals surface area contributed by atoms with Gasteiger partial charge in [-0.25, -0.2) is 14.9 Å². The predicted octanol–water partition coefficient (Wildman–Crippen LogP) is 2.19. The molecule has 6 nitrogen and oxygen atoms in total. The molecule has 1 N–H and O–H groups in total. The van der Waals surface area contributed by atoms with Crippen molar-refractivity contribution in [2.75, 3.05) is 0 Å². The number of hydrogen-bond acceptors (Lipinski definition) is 5. The number of aromatic nitrogens is 4. The molecule has 0 aliphatic carbocycles. The van der Waals surface area contributed by atoms with E-state index in [1.54, 1.807) is 4.57 Å². The van der Waals surface area contributed by atoms with Gasteiger partial charge in [-0.05, 0) is 51.1 Å². The molecule has 0 unspecified atom stereocenters. The first kappa shape index (κ1) is 14.3. The number of H-pyrrole nitrogens is 1. The molecule has 104 valence electrons. The van der Waals surface area contributed by atoms with Crippen LogP contribution in [0.4, 0.5) is 0 Å². The number of aryl methyl sites for hydroxylation is 2. The molecular formula is C13H15N5OS. The first-order valence-corrected chi connectivity index (χ1v) is 6.98. The van der Waals surface area contributed by atoms with E-state index in [0.717, 1.165) is 11.3 Å². The molecule has 2 rings (SSSR count). The third-order valence-electron chi connectivity index (χ3n) is 2.80. The van der Waals surface area contributed by atoms with Gasteiger partial charge in [0.2, 0.25) is 0 Å². The van der Waals surface area contributed by atoms with Gasteiger partial charge in [0.1, 0.15) is 11.1 Å². The Morgan fingerprint density at radius 3 is 2.75 bits per heavy atom. The van der Waals surface area contributed by atoms with Crippen LogP contribution in [0.5, 0.6) is 0 Å². The molecule has 2 heterocycles. The van der Waals surface area contributed by atoms with E-state index >= 15 is 0 Å². The van der Waals surface area contributed by atoms with Crippen molar-refractivity contribution in [2.24, 2.45) is 0 Å². The van der Waals surface area contributed by atoms with E-state index < -0.39 is 0 Å². The minimum Gasteiger partial charge on any atom is -0.267 e. The fourth-order valence-corrected chi connectivity index (χ4v) is 3.07. The summed E-state index contributed by atoms with van der Waals surface area (Å²) in [6.07, 6.45) is 0. The average molecular weight is 289 g/mol. The van der Waals surface area contributed by atoms with Crippen LogP contribution < -0.4 is 5.69 Å². The van der Waals surface area contributed by atoms with Gasteiger partial charge in [-0.1, -0.05) is 0 Å². The van der Waals surface area contributed by atoms with Crippen molar-refractivity contribution in [3.05, 3.63) is 33.4 Å². The molecule has 0 spiro atoms. The monoisotopic (exact) mass is 289 g/mol. The summed E-state index contributed by atoms with van der Waals surface area (Å²) in [6, 6.07) is 4.01. The molecule has 7 heteroatoms. The molecule has 0 bridgehead atoms. The van der Waals surface area contributed by atoms with Crippen LogP contribution in [0.25, 0.3) is 0 Å². The molecule has 0 aromatic carbocycles. The fourth-order valence-electron chi connectivity index (χ4n) is 1.92. The fraction of sp³-hybridized carbons (Fsp3) is 0.385. The molecule has 0 saturated heterocycles. The Labute approximate surface area is 120 Å². The first-order valence-electron chi connectivity index (χ1n) is 6.17. The van der Waals surface area contributed by atoms with Gasteiger partial charge in [0, 0.05) is 11.7 Å². The first-order chi connectivity index (χ1) is 9.43. The van der Waals surface area contributed by atoms with Crippen molar-refractivity contribution in [3.8, 4) is 6.07 Å². The van der Waals surface area contributed by atoms with Gasteiger partial charge >= 0.3 is 5.69 Å². The van der Waals surface area contributed by atoms with E-state index in [1.807, 2.05) is 33.8 Å². The SMILES string of the molecule is Cc1cc(C)c(C#N)c(Sc2n[nH]c(=O)n2C(C)C)n1. The minimum atomic E-state index is -0.259. The number of rotatable bonds is 3. The zero-order chi connectivity index (χ0) is 14.9. The van der Waals surface area contributed by atoms with Gasteiger partial charge < -0.3 is 0 Å². The molecule has 0 aliphatic heterocycles. The van der Waals surface area contributed by atoms with Gasteiger partial charge in [0.25, 0.3) is 0 Å². The topological polar surface area (TPSA) is 87.4 Å². The van der Waals surface area contributed by atoms with Crippen LogP contribution in [0.1, 0.15) is 36.7 Å². The molecule has 2 aromatic heterocycles. The highest BCUT2D eigenvalue weighted by Gasteiger charge is 2.17. The Morgan fingerprint density at radius 2 is 2.15 bits per heavy atom. The molecule has 20 heavy (non-hydrogen) atoms. The van der Waals surface area contributed by atoms with Gasteiger partial charge in [-0.2, -0.15) is 5.26 Å². The second kappa shape index (κ2) is 5.51. The third-order valence-corrected chi connectivity index (χ3v) is 3.76. The predicted molar refractivity (Wildman–Crippen MR) is 75.8 cm³/mol. The standard InChI is InChI=1S/C13H15N5OS/c1-7(2)18-12(19)16-17-13(18)20-11-10(6-14)8(3)5-9(4)15-11/h5,7H,1-4H3,(H,16,19). The molecular weight excluding hydrogens is 274 g/mol. The van der Waals surface area contributed by atoms with Crippen molar-refractivity contribution in [3.63, 3.8) is 0 Å². The zero-order valence-corrected chi connectivity index (χ0v) is 12.6. The largest absolute Gasteiger partial charge is 0.344 e. The molecule has 0 fully saturated rings. The lowest BCUT2D eigenvalue weighted by Crippen LogP contribution is -2.19. The number of nitriles is 1. The molecule has 0 aliphatic rings. The van der Waals surface area contributed by atoms with Crippen molar-refractivity contribution < 1.29 is 0 Å². The van der Waals surface area contributed by atoms with E-state index in [9.17, 15) is 10.1 Å². The van der Waals surface area contributed by atoms with Crippen LogP contribution in [0.15, 0.2) is 21.0 Å². The average Bonchev–Trinajstić information content (AvgIpc) is 2.70.